The van der Waals surface area contributed by atoms with E-state index >= 15 is 0 Å². The minimum Gasteiger partial charge on any atom is -0.494 e. The Hall–Kier alpha value is -3.02. The van der Waals surface area contributed by atoms with Gasteiger partial charge in [-0.3, -0.25) is 10.1 Å². The predicted molar refractivity (Wildman–Crippen MR) is 95.3 cm³/mol. The number of ether oxygens (including phenoxy) is 2. The van der Waals surface area contributed by atoms with E-state index in [1.165, 1.54) is 0 Å². The molecule has 1 aliphatic rings. The van der Waals surface area contributed by atoms with Crippen molar-refractivity contribution in [2.75, 3.05) is 23.9 Å². The summed E-state index contributed by atoms with van der Waals surface area (Å²) in [6.07, 6.45) is 1.85. The molecule has 0 atom stereocenters. The van der Waals surface area contributed by atoms with Crippen LogP contribution in [-0.4, -0.2) is 25.7 Å². The summed E-state index contributed by atoms with van der Waals surface area (Å²) in [6.45, 7) is 0.679. The number of rotatable bonds is 4. The molecule has 1 heterocycles. The Balaban J connectivity index is 1.72. The number of hydrogen-bond acceptors (Lipinski definition) is 4. The highest BCUT2D eigenvalue weighted by atomic mass is 16.6. The van der Waals surface area contributed by atoms with Gasteiger partial charge in [0.15, 0.2) is 0 Å². The molecule has 1 aliphatic heterocycles. The molecule has 2 aromatic rings. The van der Waals surface area contributed by atoms with Crippen molar-refractivity contribution in [2.45, 2.75) is 19.3 Å². The quantitative estimate of drug-likeness (QED) is 0.919. The zero-order valence-electron chi connectivity index (χ0n) is 14.0. The molecular weight excluding hydrogens is 320 g/mol. The van der Waals surface area contributed by atoms with Crippen LogP contribution in [-0.2, 0) is 4.79 Å². The monoisotopic (exact) mass is 340 g/mol. The molecule has 0 unspecified atom stereocenters. The van der Waals surface area contributed by atoms with Crippen molar-refractivity contribution in [1.29, 1.82) is 0 Å². The standard InChI is InChI=1S/C19H20N2O4/c1-24-17-13-14(20-19(23)25-15-7-3-2-4-8-15)10-11-16(17)21-12-6-5-9-18(21)22/h2-4,7-8,10-11,13H,5-6,9,12H2,1H3,(H,20,23). The number of amides is 2. The van der Waals surface area contributed by atoms with Crippen LogP contribution in [0, 0.1) is 0 Å². The molecule has 0 saturated carbocycles. The fraction of sp³-hybridized carbons (Fsp3) is 0.263. The van der Waals surface area contributed by atoms with Crippen molar-refractivity contribution < 1.29 is 19.1 Å². The van der Waals surface area contributed by atoms with Gasteiger partial charge in [0.2, 0.25) is 5.91 Å². The summed E-state index contributed by atoms with van der Waals surface area (Å²) in [5.74, 6) is 1.09. The molecule has 2 aromatic carbocycles. The van der Waals surface area contributed by atoms with E-state index in [0.717, 1.165) is 12.8 Å². The van der Waals surface area contributed by atoms with Crippen LogP contribution in [0.4, 0.5) is 16.2 Å². The Morgan fingerprint density at radius 3 is 2.64 bits per heavy atom. The first-order valence-electron chi connectivity index (χ1n) is 8.19. The maximum atomic E-state index is 12.1. The van der Waals surface area contributed by atoms with E-state index in [4.69, 9.17) is 9.47 Å². The normalized spacial score (nSPS) is 14.1. The highest BCUT2D eigenvalue weighted by molar-refractivity contribution is 5.96. The van der Waals surface area contributed by atoms with Crippen LogP contribution < -0.4 is 19.7 Å². The van der Waals surface area contributed by atoms with Gasteiger partial charge in [-0.25, -0.2) is 4.79 Å². The Morgan fingerprint density at radius 1 is 1.12 bits per heavy atom. The van der Waals surface area contributed by atoms with Gasteiger partial charge in [0.25, 0.3) is 0 Å². The molecular formula is C19H20N2O4. The average Bonchev–Trinajstić information content (AvgIpc) is 2.63. The highest BCUT2D eigenvalue weighted by Gasteiger charge is 2.22. The Labute approximate surface area is 146 Å². The summed E-state index contributed by atoms with van der Waals surface area (Å²) in [5.41, 5.74) is 1.25. The molecule has 3 rings (SSSR count). The van der Waals surface area contributed by atoms with E-state index in [1.807, 2.05) is 6.07 Å². The Morgan fingerprint density at radius 2 is 1.92 bits per heavy atom. The van der Waals surface area contributed by atoms with Gasteiger partial charge in [-0.1, -0.05) is 18.2 Å². The summed E-state index contributed by atoms with van der Waals surface area (Å²) in [5, 5.41) is 2.66. The molecule has 0 aliphatic carbocycles. The van der Waals surface area contributed by atoms with Crippen LogP contribution in [0.15, 0.2) is 48.5 Å². The number of piperidine rings is 1. The lowest BCUT2D eigenvalue weighted by atomic mass is 10.1. The largest absolute Gasteiger partial charge is 0.494 e. The summed E-state index contributed by atoms with van der Waals surface area (Å²) in [7, 11) is 1.54. The molecule has 130 valence electrons. The topological polar surface area (TPSA) is 67.9 Å². The lowest BCUT2D eigenvalue weighted by Crippen LogP contribution is -2.35. The molecule has 0 radical (unpaired) electrons. The molecule has 6 nitrogen and oxygen atoms in total. The zero-order valence-corrected chi connectivity index (χ0v) is 14.0. The van der Waals surface area contributed by atoms with Crippen molar-refractivity contribution in [1.82, 2.24) is 0 Å². The predicted octanol–water partition coefficient (Wildman–Crippen LogP) is 3.82. The van der Waals surface area contributed by atoms with Crippen molar-refractivity contribution in [3.63, 3.8) is 0 Å². The van der Waals surface area contributed by atoms with Gasteiger partial charge in [-0.05, 0) is 37.1 Å². The van der Waals surface area contributed by atoms with Crippen LogP contribution in [0.2, 0.25) is 0 Å². The number of nitrogens with one attached hydrogen (secondary N) is 1. The number of nitrogens with zero attached hydrogens (tertiary/aromatic N) is 1. The minimum absolute atomic E-state index is 0.0914. The van der Waals surface area contributed by atoms with E-state index in [-0.39, 0.29) is 5.91 Å². The van der Waals surface area contributed by atoms with Gasteiger partial charge >= 0.3 is 6.09 Å². The molecule has 2 amide bonds. The SMILES string of the molecule is COc1cc(NC(=O)Oc2ccccc2)ccc1N1CCCCC1=O. The molecule has 1 fully saturated rings. The molecule has 1 saturated heterocycles. The van der Waals surface area contributed by atoms with Gasteiger partial charge in [0, 0.05) is 24.7 Å². The first kappa shape index (κ1) is 16.8. The van der Waals surface area contributed by atoms with Crippen molar-refractivity contribution >= 4 is 23.4 Å². The first-order chi connectivity index (χ1) is 12.2. The highest BCUT2D eigenvalue weighted by Crippen LogP contribution is 2.33. The molecule has 0 spiro atoms. The third-order valence-electron chi connectivity index (χ3n) is 3.99. The third-order valence-corrected chi connectivity index (χ3v) is 3.99. The second kappa shape index (κ2) is 7.70. The van der Waals surface area contributed by atoms with Crippen molar-refractivity contribution in [3.05, 3.63) is 48.5 Å². The molecule has 0 aromatic heterocycles. The second-order valence-electron chi connectivity index (χ2n) is 5.72. The summed E-state index contributed by atoms with van der Waals surface area (Å²) >= 11 is 0. The summed E-state index contributed by atoms with van der Waals surface area (Å²) in [6, 6.07) is 14.0. The summed E-state index contributed by atoms with van der Waals surface area (Å²) in [4.78, 5) is 25.8. The molecule has 0 bridgehead atoms. The maximum Gasteiger partial charge on any atom is 0.417 e. The lowest BCUT2D eigenvalue weighted by Gasteiger charge is -2.28. The second-order valence-corrected chi connectivity index (χ2v) is 5.72. The van der Waals surface area contributed by atoms with Gasteiger partial charge in [0.1, 0.15) is 11.5 Å². The van der Waals surface area contributed by atoms with E-state index in [1.54, 1.807) is 54.5 Å². The van der Waals surface area contributed by atoms with Gasteiger partial charge < -0.3 is 14.4 Å². The minimum atomic E-state index is -0.588. The van der Waals surface area contributed by atoms with Crippen LogP contribution in [0.3, 0.4) is 0 Å². The number of carbonyl (C=O) groups is 2. The third kappa shape index (κ3) is 4.09. The number of anilines is 2. The fourth-order valence-electron chi connectivity index (χ4n) is 2.78. The van der Waals surface area contributed by atoms with Crippen molar-refractivity contribution in [3.8, 4) is 11.5 Å². The summed E-state index contributed by atoms with van der Waals surface area (Å²) < 4.78 is 10.6. The number of para-hydroxylation sites is 1. The van der Waals surface area contributed by atoms with Gasteiger partial charge in [-0.15, -0.1) is 0 Å². The maximum absolute atomic E-state index is 12.1. The van der Waals surface area contributed by atoms with E-state index < -0.39 is 6.09 Å². The van der Waals surface area contributed by atoms with Crippen LogP contribution in [0.1, 0.15) is 19.3 Å². The fourth-order valence-corrected chi connectivity index (χ4v) is 2.78. The number of carbonyl (C=O) groups excluding carboxylic acids is 2. The lowest BCUT2D eigenvalue weighted by molar-refractivity contribution is -0.119. The number of benzene rings is 2. The van der Waals surface area contributed by atoms with Gasteiger partial charge in [-0.2, -0.15) is 0 Å². The Kier molecular flexibility index (Phi) is 5.18. The van der Waals surface area contributed by atoms with Crippen LogP contribution in [0.25, 0.3) is 0 Å². The van der Waals surface area contributed by atoms with E-state index in [2.05, 4.69) is 5.32 Å². The molecule has 25 heavy (non-hydrogen) atoms. The number of methoxy groups -OCH3 is 1. The van der Waals surface area contributed by atoms with Crippen LogP contribution >= 0.6 is 0 Å². The van der Waals surface area contributed by atoms with Gasteiger partial charge in [0.05, 0.1) is 12.8 Å². The van der Waals surface area contributed by atoms with E-state index in [0.29, 0.717) is 35.8 Å². The number of hydrogen-bond donors (Lipinski definition) is 1. The van der Waals surface area contributed by atoms with E-state index in [9.17, 15) is 9.59 Å². The Bertz CT molecular complexity index is 761. The van der Waals surface area contributed by atoms with Crippen molar-refractivity contribution in [2.24, 2.45) is 0 Å². The average molecular weight is 340 g/mol. The van der Waals surface area contributed by atoms with Crippen LogP contribution in [0.5, 0.6) is 11.5 Å². The molecule has 1 N–H and O–H groups in total. The zero-order chi connectivity index (χ0) is 17.6. The smallest absolute Gasteiger partial charge is 0.417 e. The first-order valence-corrected chi connectivity index (χ1v) is 8.19. The molecule has 6 heteroatoms.